The molecular weight excluding hydrogens is 509 g/mol. The molecule has 1 heterocycles. The number of carbonyl (C=O) groups excluding carboxylic acids is 2. The van der Waals surface area contributed by atoms with Crippen molar-refractivity contribution < 1.29 is 23.5 Å². The predicted molar refractivity (Wildman–Crippen MR) is 129 cm³/mol. The molecule has 1 aliphatic rings. The van der Waals surface area contributed by atoms with Crippen LogP contribution in [0.15, 0.2) is 82.2 Å². The maximum atomic E-state index is 13.0. The van der Waals surface area contributed by atoms with E-state index in [1.807, 2.05) is 36.4 Å². The van der Waals surface area contributed by atoms with Crippen molar-refractivity contribution in [2.45, 2.75) is 6.61 Å². The number of amides is 2. The summed E-state index contributed by atoms with van der Waals surface area (Å²) in [4.78, 5) is 26.5. The highest BCUT2D eigenvalue weighted by molar-refractivity contribution is 9.10. The van der Waals surface area contributed by atoms with Gasteiger partial charge in [-0.3, -0.25) is 14.5 Å². The van der Waals surface area contributed by atoms with Crippen LogP contribution in [0.5, 0.6) is 11.5 Å². The van der Waals surface area contributed by atoms with E-state index in [0.717, 1.165) is 22.9 Å². The lowest BCUT2D eigenvalue weighted by Crippen LogP contribution is -2.32. The first-order valence-electron chi connectivity index (χ1n) is 10.1. The summed E-state index contributed by atoms with van der Waals surface area (Å²) in [7, 11) is 0. The monoisotopic (exact) mass is 527 g/mol. The average Bonchev–Trinajstić information content (AvgIpc) is 3.07. The second-order valence-electron chi connectivity index (χ2n) is 7.10. The molecule has 0 unspecified atom stereocenters. The number of ether oxygens (including phenoxy) is 2. The number of hydrogen-bond donors (Lipinski definition) is 0. The van der Waals surface area contributed by atoms with Gasteiger partial charge < -0.3 is 9.47 Å². The molecule has 1 saturated heterocycles. The van der Waals surface area contributed by atoms with Crippen LogP contribution >= 0.6 is 27.7 Å². The van der Waals surface area contributed by atoms with E-state index in [2.05, 4.69) is 15.9 Å². The Morgan fingerprint density at radius 1 is 0.970 bits per heavy atom. The van der Waals surface area contributed by atoms with Crippen LogP contribution in [0, 0.1) is 5.82 Å². The van der Waals surface area contributed by atoms with Crippen molar-refractivity contribution in [2.75, 3.05) is 13.2 Å². The Hall–Kier alpha value is -3.10. The van der Waals surface area contributed by atoms with Gasteiger partial charge in [-0.05, 0) is 81.3 Å². The lowest BCUT2D eigenvalue weighted by Gasteiger charge is -2.13. The topological polar surface area (TPSA) is 55.8 Å². The molecule has 33 heavy (non-hydrogen) atoms. The Morgan fingerprint density at radius 3 is 2.45 bits per heavy atom. The molecule has 0 atom stereocenters. The fraction of sp³-hybridized carbons (Fsp3) is 0.120. The quantitative estimate of drug-likeness (QED) is 0.322. The molecule has 0 N–H and O–H groups in total. The zero-order valence-corrected chi connectivity index (χ0v) is 19.8. The van der Waals surface area contributed by atoms with Crippen molar-refractivity contribution in [3.05, 3.63) is 99.1 Å². The van der Waals surface area contributed by atoms with E-state index >= 15 is 0 Å². The molecule has 0 aromatic heterocycles. The van der Waals surface area contributed by atoms with Gasteiger partial charge in [0.15, 0.2) is 0 Å². The second kappa shape index (κ2) is 10.7. The Kier molecular flexibility index (Phi) is 7.47. The number of nitrogens with zero attached hydrogens (tertiary/aromatic N) is 1. The van der Waals surface area contributed by atoms with Gasteiger partial charge in [0.1, 0.15) is 30.5 Å². The van der Waals surface area contributed by atoms with Crippen LogP contribution in [0.25, 0.3) is 6.08 Å². The molecule has 3 aromatic carbocycles. The molecule has 4 rings (SSSR count). The first-order chi connectivity index (χ1) is 16.0. The Labute approximate surface area is 203 Å². The summed E-state index contributed by atoms with van der Waals surface area (Å²) < 4.78 is 25.1. The van der Waals surface area contributed by atoms with E-state index < -0.39 is 0 Å². The van der Waals surface area contributed by atoms with Crippen molar-refractivity contribution in [2.24, 2.45) is 0 Å². The van der Waals surface area contributed by atoms with E-state index in [9.17, 15) is 14.0 Å². The van der Waals surface area contributed by atoms with Crippen molar-refractivity contribution >= 4 is 44.9 Å². The molecule has 0 spiro atoms. The molecule has 0 bridgehead atoms. The average molecular weight is 528 g/mol. The van der Waals surface area contributed by atoms with Crippen molar-refractivity contribution in [3.8, 4) is 11.5 Å². The Morgan fingerprint density at radius 2 is 1.73 bits per heavy atom. The first-order valence-corrected chi connectivity index (χ1v) is 11.7. The first kappa shape index (κ1) is 23.1. The van der Waals surface area contributed by atoms with Gasteiger partial charge in [-0.25, -0.2) is 4.39 Å². The number of thioether (sulfide) groups is 1. The van der Waals surface area contributed by atoms with Gasteiger partial charge in [-0.15, -0.1) is 0 Å². The van der Waals surface area contributed by atoms with Gasteiger partial charge in [0.25, 0.3) is 11.1 Å². The minimum absolute atomic E-state index is 0.177. The molecule has 0 saturated carbocycles. The fourth-order valence-electron chi connectivity index (χ4n) is 3.08. The summed E-state index contributed by atoms with van der Waals surface area (Å²) in [6.45, 7) is 0.694. The third-order valence-electron chi connectivity index (χ3n) is 4.76. The van der Waals surface area contributed by atoms with Gasteiger partial charge in [0.2, 0.25) is 0 Å². The minimum atomic E-state index is -0.338. The molecule has 3 aromatic rings. The van der Waals surface area contributed by atoms with Crippen LogP contribution in [0.1, 0.15) is 11.1 Å². The van der Waals surface area contributed by atoms with Crippen LogP contribution in [0.4, 0.5) is 9.18 Å². The summed E-state index contributed by atoms with van der Waals surface area (Å²) in [5, 5.41) is -0.318. The van der Waals surface area contributed by atoms with E-state index in [-0.39, 0.29) is 30.1 Å². The standard InChI is InChI=1S/C25H19BrFNO4S/c26-21-14-18(8-11-22(21)32-16-17-6-9-19(27)10-7-17)15-23-24(29)28(25(30)33-23)12-13-31-20-4-2-1-3-5-20/h1-11,14-15H,12-13,16H2/b23-15-. The van der Waals surface area contributed by atoms with Gasteiger partial charge in [0, 0.05) is 0 Å². The van der Waals surface area contributed by atoms with Crippen molar-refractivity contribution in [1.29, 1.82) is 0 Å². The summed E-state index contributed by atoms with van der Waals surface area (Å²) >= 11 is 4.38. The molecule has 2 amide bonds. The maximum absolute atomic E-state index is 13.0. The third-order valence-corrected chi connectivity index (χ3v) is 6.29. The summed E-state index contributed by atoms with van der Waals surface area (Å²) in [5.41, 5.74) is 1.60. The van der Waals surface area contributed by atoms with E-state index in [1.54, 1.807) is 30.3 Å². The normalized spacial score (nSPS) is 14.7. The lowest BCUT2D eigenvalue weighted by atomic mass is 10.2. The molecule has 168 valence electrons. The molecule has 0 radical (unpaired) electrons. The Bertz CT molecular complexity index is 1180. The maximum Gasteiger partial charge on any atom is 0.293 e. The number of hydrogen-bond acceptors (Lipinski definition) is 5. The lowest BCUT2D eigenvalue weighted by molar-refractivity contribution is -0.123. The summed E-state index contributed by atoms with van der Waals surface area (Å²) in [5.74, 6) is 0.668. The molecule has 5 nitrogen and oxygen atoms in total. The fourth-order valence-corrected chi connectivity index (χ4v) is 4.46. The number of para-hydroxylation sites is 1. The van der Waals surface area contributed by atoms with Crippen LogP contribution in [0.3, 0.4) is 0 Å². The predicted octanol–water partition coefficient (Wildman–Crippen LogP) is 6.28. The van der Waals surface area contributed by atoms with Crippen molar-refractivity contribution in [1.82, 2.24) is 4.90 Å². The van der Waals surface area contributed by atoms with E-state index in [4.69, 9.17) is 9.47 Å². The zero-order chi connectivity index (χ0) is 23.2. The van der Waals surface area contributed by atoms with Crippen LogP contribution in [0.2, 0.25) is 0 Å². The van der Waals surface area contributed by atoms with Crippen LogP contribution in [-0.2, 0) is 11.4 Å². The van der Waals surface area contributed by atoms with E-state index in [1.165, 1.54) is 17.0 Å². The summed E-state index contributed by atoms with van der Waals surface area (Å²) in [6.07, 6.45) is 1.68. The molecule has 1 aliphatic heterocycles. The zero-order valence-electron chi connectivity index (χ0n) is 17.4. The number of carbonyl (C=O) groups is 2. The van der Waals surface area contributed by atoms with E-state index in [0.29, 0.717) is 27.5 Å². The number of halogens is 2. The highest BCUT2D eigenvalue weighted by Crippen LogP contribution is 2.34. The number of imide groups is 1. The second-order valence-corrected chi connectivity index (χ2v) is 8.95. The smallest absolute Gasteiger partial charge is 0.293 e. The van der Waals surface area contributed by atoms with Gasteiger partial charge >= 0.3 is 0 Å². The summed E-state index contributed by atoms with van der Waals surface area (Å²) in [6, 6.07) is 20.7. The largest absolute Gasteiger partial charge is 0.492 e. The molecule has 0 aliphatic carbocycles. The van der Waals surface area contributed by atoms with Crippen LogP contribution < -0.4 is 9.47 Å². The van der Waals surface area contributed by atoms with Gasteiger partial charge in [-0.1, -0.05) is 36.4 Å². The Balaban J connectivity index is 1.36. The van der Waals surface area contributed by atoms with Crippen molar-refractivity contribution in [3.63, 3.8) is 0 Å². The van der Waals surface area contributed by atoms with Crippen LogP contribution in [-0.4, -0.2) is 29.2 Å². The minimum Gasteiger partial charge on any atom is -0.492 e. The highest BCUT2D eigenvalue weighted by Gasteiger charge is 2.34. The molecule has 8 heteroatoms. The number of rotatable bonds is 8. The van der Waals surface area contributed by atoms with Gasteiger partial charge in [-0.2, -0.15) is 0 Å². The SMILES string of the molecule is O=C1S/C(=C\c2ccc(OCc3ccc(F)cc3)c(Br)c2)C(=O)N1CCOc1ccccc1. The highest BCUT2D eigenvalue weighted by atomic mass is 79.9. The molecular formula is C25H19BrFNO4S. The number of benzene rings is 3. The third kappa shape index (κ3) is 6.03. The molecule has 1 fully saturated rings. The van der Waals surface area contributed by atoms with Gasteiger partial charge in [0.05, 0.1) is 15.9 Å².